The Labute approximate surface area is 186 Å². The van der Waals surface area contributed by atoms with Crippen LogP contribution < -0.4 is 4.74 Å². The first-order valence-electron chi connectivity index (χ1n) is 10.7. The first-order valence-corrected chi connectivity index (χ1v) is 10.7. The molecule has 0 bridgehead atoms. The van der Waals surface area contributed by atoms with Gasteiger partial charge < -0.3 is 19.2 Å². The van der Waals surface area contributed by atoms with E-state index < -0.39 is 17.7 Å². The van der Waals surface area contributed by atoms with Crippen LogP contribution in [-0.2, 0) is 16.0 Å². The zero-order chi connectivity index (χ0) is 22.5. The number of rotatable bonds is 8. The van der Waals surface area contributed by atoms with Crippen molar-refractivity contribution in [1.29, 1.82) is 0 Å². The topological polar surface area (TPSA) is 80.0 Å². The van der Waals surface area contributed by atoms with Crippen LogP contribution in [0.5, 0.6) is 5.75 Å². The van der Waals surface area contributed by atoms with E-state index in [0.29, 0.717) is 36.6 Å². The summed E-state index contributed by atoms with van der Waals surface area (Å²) in [6.45, 7) is 2.86. The van der Waals surface area contributed by atoms with Gasteiger partial charge in [0.25, 0.3) is 11.7 Å². The maximum absolute atomic E-state index is 13.0. The Balaban J connectivity index is 1.71. The predicted octanol–water partition coefficient (Wildman–Crippen LogP) is 4.73. The number of furan rings is 1. The Morgan fingerprint density at radius 2 is 1.88 bits per heavy atom. The van der Waals surface area contributed by atoms with E-state index in [2.05, 4.69) is 0 Å². The summed E-state index contributed by atoms with van der Waals surface area (Å²) in [5.41, 5.74) is 1.48. The highest BCUT2D eigenvalue weighted by atomic mass is 16.5. The van der Waals surface area contributed by atoms with E-state index in [1.54, 1.807) is 36.4 Å². The Kier molecular flexibility index (Phi) is 6.40. The molecule has 0 aliphatic carbocycles. The van der Waals surface area contributed by atoms with Crippen molar-refractivity contribution in [3.63, 3.8) is 0 Å². The number of ether oxygens (including phenoxy) is 1. The minimum atomic E-state index is -0.797. The minimum absolute atomic E-state index is 0.0191. The van der Waals surface area contributed by atoms with Crippen LogP contribution in [0, 0.1) is 0 Å². The lowest BCUT2D eigenvalue weighted by Crippen LogP contribution is -2.31. The quantitative estimate of drug-likeness (QED) is 0.317. The molecule has 1 aromatic heterocycles. The van der Waals surface area contributed by atoms with Gasteiger partial charge in [0.05, 0.1) is 18.4 Å². The largest absolute Gasteiger partial charge is 0.507 e. The number of ketones is 1. The zero-order valence-electron chi connectivity index (χ0n) is 17.9. The number of aliphatic hydroxyl groups excluding tert-OH is 1. The second-order valence-corrected chi connectivity index (χ2v) is 7.62. The standard InChI is InChI=1S/C26H25NO5/c1-2-15-31-20-11-6-10-19(17-20)24(28)22-23(21-12-7-16-32-21)27(26(30)25(22)29)14-13-18-8-4-3-5-9-18/h3-12,16-17,23,28H,2,13-15H2,1H3/b24-22+. The first-order chi connectivity index (χ1) is 15.6. The summed E-state index contributed by atoms with van der Waals surface area (Å²) in [5, 5.41) is 11.1. The monoisotopic (exact) mass is 431 g/mol. The van der Waals surface area contributed by atoms with Gasteiger partial charge in [-0.2, -0.15) is 0 Å². The minimum Gasteiger partial charge on any atom is -0.507 e. The molecule has 1 N–H and O–H groups in total. The van der Waals surface area contributed by atoms with E-state index >= 15 is 0 Å². The number of carbonyl (C=O) groups is 2. The maximum atomic E-state index is 13.0. The summed E-state index contributed by atoms with van der Waals surface area (Å²) in [5.74, 6) is -0.603. The zero-order valence-corrected chi connectivity index (χ0v) is 17.9. The van der Waals surface area contributed by atoms with Crippen molar-refractivity contribution in [2.75, 3.05) is 13.2 Å². The van der Waals surface area contributed by atoms with Gasteiger partial charge in [0, 0.05) is 12.1 Å². The number of benzene rings is 2. The molecule has 1 fully saturated rings. The van der Waals surface area contributed by atoms with Crippen molar-refractivity contribution in [2.24, 2.45) is 0 Å². The van der Waals surface area contributed by atoms with Gasteiger partial charge in [-0.3, -0.25) is 9.59 Å². The summed E-state index contributed by atoms with van der Waals surface area (Å²) in [4.78, 5) is 27.4. The lowest BCUT2D eigenvalue weighted by molar-refractivity contribution is -0.140. The SMILES string of the molecule is CCCOc1cccc(/C(O)=C2\C(=O)C(=O)N(CCc3ccccc3)C2c2ccco2)c1. The molecule has 0 spiro atoms. The lowest BCUT2D eigenvalue weighted by Gasteiger charge is -2.23. The number of Topliss-reactive ketones (excluding diaryl/α,β-unsaturated/α-hetero) is 1. The molecule has 3 aromatic rings. The molecule has 1 saturated heterocycles. The Hall–Kier alpha value is -3.80. The highest BCUT2D eigenvalue weighted by Crippen LogP contribution is 2.40. The second-order valence-electron chi connectivity index (χ2n) is 7.62. The molecular weight excluding hydrogens is 406 g/mol. The van der Waals surface area contributed by atoms with Gasteiger partial charge in [0.15, 0.2) is 0 Å². The average molecular weight is 431 g/mol. The molecule has 1 aliphatic rings. The third-order valence-electron chi connectivity index (χ3n) is 5.42. The molecule has 32 heavy (non-hydrogen) atoms. The third-order valence-corrected chi connectivity index (χ3v) is 5.42. The predicted molar refractivity (Wildman–Crippen MR) is 120 cm³/mol. The fourth-order valence-corrected chi connectivity index (χ4v) is 3.86. The molecule has 6 nitrogen and oxygen atoms in total. The maximum Gasteiger partial charge on any atom is 0.295 e. The lowest BCUT2D eigenvalue weighted by atomic mass is 9.99. The number of amides is 1. The molecule has 1 aliphatic heterocycles. The molecular formula is C26H25NO5. The molecule has 6 heteroatoms. The molecule has 0 radical (unpaired) electrons. The molecule has 0 saturated carbocycles. The van der Waals surface area contributed by atoms with E-state index in [1.165, 1.54) is 11.2 Å². The van der Waals surface area contributed by atoms with Crippen molar-refractivity contribution >= 4 is 17.4 Å². The van der Waals surface area contributed by atoms with E-state index in [0.717, 1.165) is 12.0 Å². The van der Waals surface area contributed by atoms with Crippen molar-refractivity contribution in [3.05, 3.63) is 95.5 Å². The molecule has 1 atom stereocenters. The molecule has 164 valence electrons. The molecule has 1 amide bonds. The van der Waals surface area contributed by atoms with Crippen LogP contribution in [0.25, 0.3) is 5.76 Å². The van der Waals surface area contributed by atoms with E-state index in [-0.39, 0.29) is 11.3 Å². The number of nitrogens with zero attached hydrogens (tertiary/aromatic N) is 1. The van der Waals surface area contributed by atoms with Crippen molar-refractivity contribution in [3.8, 4) is 5.75 Å². The average Bonchev–Trinajstić information content (AvgIpc) is 3.44. The van der Waals surface area contributed by atoms with Crippen LogP contribution in [0.1, 0.15) is 36.3 Å². The Morgan fingerprint density at radius 1 is 1.06 bits per heavy atom. The highest BCUT2D eigenvalue weighted by molar-refractivity contribution is 6.46. The third kappa shape index (κ3) is 4.30. The summed E-state index contributed by atoms with van der Waals surface area (Å²) < 4.78 is 11.2. The van der Waals surface area contributed by atoms with Crippen molar-refractivity contribution in [1.82, 2.24) is 4.90 Å². The van der Waals surface area contributed by atoms with Crippen LogP contribution in [0.2, 0.25) is 0 Å². The van der Waals surface area contributed by atoms with E-state index in [9.17, 15) is 14.7 Å². The van der Waals surface area contributed by atoms with Gasteiger partial charge in [-0.05, 0) is 42.7 Å². The summed E-state index contributed by atoms with van der Waals surface area (Å²) in [7, 11) is 0. The van der Waals surface area contributed by atoms with Crippen LogP contribution in [0.3, 0.4) is 0 Å². The van der Waals surface area contributed by atoms with Gasteiger partial charge in [-0.15, -0.1) is 0 Å². The number of hydrogen-bond acceptors (Lipinski definition) is 5. The number of hydrogen-bond donors (Lipinski definition) is 1. The van der Waals surface area contributed by atoms with E-state index in [1.807, 2.05) is 37.3 Å². The van der Waals surface area contributed by atoms with Gasteiger partial charge in [-0.1, -0.05) is 49.4 Å². The number of likely N-dealkylation sites (tertiary alicyclic amines) is 1. The molecule has 2 heterocycles. The highest BCUT2D eigenvalue weighted by Gasteiger charge is 2.47. The van der Waals surface area contributed by atoms with Crippen LogP contribution in [0.15, 0.2) is 83.0 Å². The van der Waals surface area contributed by atoms with E-state index in [4.69, 9.17) is 9.15 Å². The fraction of sp³-hybridized carbons (Fsp3) is 0.231. The van der Waals surface area contributed by atoms with Crippen molar-refractivity contribution in [2.45, 2.75) is 25.8 Å². The Morgan fingerprint density at radius 3 is 2.59 bits per heavy atom. The van der Waals surface area contributed by atoms with Gasteiger partial charge in [0.2, 0.25) is 0 Å². The summed E-state index contributed by atoms with van der Waals surface area (Å²) >= 11 is 0. The normalized spacial score (nSPS) is 17.7. The molecule has 2 aromatic carbocycles. The summed E-state index contributed by atoms with van der Waals surface area (Å²) in [6.07, 6.45) is 2.92. The van der Waals surface area contributed by atoms with Gasteiger partial charge in [-0.25, -0.2) is 0 Å². The van der Waals surface area contributed by atoms with Crippen LogP contribution in [0.4, 0.5) is 0 Å². The summed E-state index contributed by atoms with van der Waals surface area (Å²) in [6, 6.07) is 19.2. The molecule has 1 unspecified atom stereocenters. The fourth-order valence-electron chi connectivity index (χ4n) is 3.86. The van der Waals surface area contributed by atoms with Crippen LogP contribution >= 0.6 is 0 Å². The van der Waals surface area contributed by atoms with Crippen molar-refractivity contribution < 1.29 is 23.8 Å². The van der Waals surface area contributed by atoms with Crippen LogP contribution in [-0.4, -0.2) is 34.8 Å². The van der Waals surface area contributed by atoms with Gasteiger partial charge >= 0.3 is 0 Å². The number of aliphatic hydroxyl groups is 1. The molecule has 4 rings (SSSR count). The number of carbonyl (C=O) groups excluding carboxylic acids is 2. The Bertz CT molecular complexity index is 1120. The van der Waals surface area contributed by atoms with Gasteiger partial charge in [0.1, 0.15) is 23.3 Å². The second kappa shape index (κ2) is 9.56. The first kappa shape index (κ1) is 21.4. The smallest absolute Gasteiger partial charge is 0.295 e.